The zero-order chi connectivity index (χ0) is 19.2. The van der Waals surface area contributed by atoms with E-state index in [0.29, 0.717) is 29.4 Å². The Hall–Kier alpha value is -2.60. The van der Waals surface area contributed by atoms with Crippen molar-refractivity contribution in [1.29, 1.82) is 0 Å². The lowest BCUT2D eigenvalue weighted by Crippen LogP contribution is -2.33. The molecule has 0 aromatic carbocycles. The number of ketones is 2. The molecule has 1 aliphatic rings. The Labute approximate surface area is 159 Å². The van der Waals surface area contributed by atoms with Gasteiger partial charge >= 0.3 is 0 Å². The smallest absolute Gasteiger partial charge is 0.224 e. The highest BCUT2D eigenvalue weighted by molar-refractivity contribution is 5.99. The van der Waals surface area contributed by atoms with E-state index in [1.165, 1.54) is 0 Å². The van der Waals surface area contributed by atoms with Crippen LogP contribution in [0.3, 0.4) is 0 Å². The standard InChI is InChI=1S/C21H25N3O3/c1-3-27-21-17(7-5-11-22-21)19(25)14-16-6-4-8-18(23-16)20(26)15-9-12-24(2)13-10-15/h4-8,11,15H,3,9-10,12-14H2,1-2H3. The zero-order valence-corrected chi connectivity index (χ0v) is 15.9. The van der Waals surface area contributed by atoms with Gasteiger partial charge in [0, 0.05) is 17.8 Å². The van der Waals surface area contributed by atoms with Crippen molar-refractivity contribution >= 4 is 11.6 Å². The first kappa shape index (κ1) is 19.2. The van der Waals surface area contributed by atoms with E-state index in [9.17, 15) is 9.59 Å². The maximum Gasteiger partial charge on any atom is 0.224 e. The molecule has 0 radical (unpaired) electrons. The molecule has 6 heteroatoms. The van der Waals surface area contributed by atoms with E-state index in [2.05, 4.69) is 21.9 Å². The van der Waals surface area contributed by atoms with Crippen LogP contribution < -0.4 is 4.74 Å². The number of hydrogen-bond donors (Lipinski definition) is 0. The summed E-state index contributed by atoms with van der Waals surface area (Å²) in [6.45, 7) is 4.14. The van der Waals surface area contributed by atoms with Gasteiger partial charge in [0.1, 0.15) is 5.69 Å². The maximum absolute atomic E-state index is 12.8. The van der Waals surface area contributed by atoms with Gasteiger partial charge in [-0.15, -0.1) is 0 Å². The molecule has 3 rings (SSSR count). The van der Waals surface area contributed by atoms with E-state index in [-0.39, 0.29) is 23.9 Å². The van der Waals surface area contributed by atoms with Crippen LogP contribution in [0.4, 0.5) is 0 Å². The summed E-state index contributed by atoms with van der Waals surface area (Å²) in [5.41, 5.74) is 1.48. The van der Waals surface area contributed by atoms with Crippen molar-refractivity contribution in [3.8, 4) is 5.88 Å². The first-order valence-electron chi connectivity index (χ1n) is 9.38. The predicted molar refractivity (Wildman–Crippen MR) is 102 cm³/mol. The normalized spacial score (nSPS) is 15.5. The van der Waals surface area contributed by atoms with Crippen molar-refractivity contribution in [2.24, 2.45) is 5.92 Å². The third kappa shape index (κ3) is 4.77. The molecule has 142 valence electrons. The van der Waals surface area contributed by atoms with Gasteiger partial charge < -0.3 is 9.64 Å². The van der Waals surface area contributed by atoms with Gasteiger partial charge in [0.15, 0.2) is 11.6 Å². The Bertz CT molecular complexity index is 814. The topological polar surface area (TPSA) is 72.4 Å². The van der Waals surface area contributed by atoms with Crippen molar-refractivity contribution in [3.63, 3.8) is 0 Å². The molecule has 0 amide bonds. The van der Waals surface area contributed by atoms with Crippen LogP contribution >= 0.6 is 0 Å². The number of pyridine rings is 2. The molecular formula is C21H25N3O3. The number of carbonyl (C=O) groups excluding carboxylic acids is 2. The molecule has 6 nitrogen and oxygen atoms in total. The second-order valence-electron chi connectivity index (χ2n) is 6.85. The molecular weight excluding hydrogens is 342 g/mol. The number of ether oxygens (including phenoxy) is 1. The average molecular weight is 367 g/mol. The molecule has 3 heterocycles. The molecule has 0 N–H and O–H groups in total. The minimum Gasteiger partial charge on any atom is -0.477 e. The van der Waals surface area contributed by atoms with Crippen LogP contribution in [-0.4, -0.2) is 53.2 Å². The third-order valence-electron chi connectivity index (χ3n) is 4.84. The summed E-state index contributed by atoms with van der Waals surface area (Å²) in [5.74, 6) is 0.308. The van der Waals surface area contributed by atoms with Gasteiger partial charge in [-0.1, -0.05) is 6.07 Å². The summed E-state index contributed by atoms with van der Waals surface area (Å²) in [6.07, 6.45) is 3.42. The fourth-order valence-corrected chi connectivity index (χ4v) is 3.31. The van der Waals surface area contributed by atoms with Crippen molar-refractivity contribution in [1.82, 2.24) is 14.9 Å². The van der Waals surface area contributed by atoms with Gasteiger partial charge in [-0.3, -0.25) is 9.59 Å². The summed E-state index contributed by atoms with van der Waals surface area (Å²) in [4.78, 5) is 36.3. The van der Waals surface area contributed by atoms with Crippen LogP contribution in [0.1, 0.15) is 46.3 Å². The average Bonchev–Trinajstić information content (AvgIpc) is 2.69. The van der Waals surface area contributed by atoms with Crippen LogP contribution in [0.25, 0.3) is 0 Å². The highest BCUT2D eigenvalue weighted by Gasteiger charge is 2.25. The van der Waals surface area contributed by atoms with E-state index in [4.69, 9.17) is 4.74 Å². The zero-order valence-electron chi connectivity index (χ0n) is 15.9. The third-order valence-corrected chi connectivity index (χ3v) is 4.84. The molecule has 0 saturated carbocycles. The highest BCUT2D eigenvalue weighted by atomic mass is 16.5. The predicted octanol–water partition coefficient (Wildman–Crippen LogP) is 2.83. The van der Waals surface area contributed by atoms with Crippen molar-refractivity contribution in [3.05, 3.63) is 53.5 Å². The largest absolute Gasteiger partial charge is 0.477 e. The number of nitrogens with zero attached hydrogens (tertiary/aromatic N) is 3. The number of carbonyl (C=O) groups is 2. The fraction of sp³-hybridized carbons (Fsp3) is 0.429. The Kier molecular flexibility index (Phi) is 6.29. The van der Waals surface area contributed by atoms with Crippen LogP contribution in [0.15, 0.2) is 36.5 Å². The number of piperidine rings is 1. The first-order valence-corrected chi connectivity index (χ1v) is 9.38. The molecule has 1 aliphatic heterocycles. The second-order valence-corrected chi connectivity index (χ2v) is 6.85. The summed E-state index contributed by atoms with van der Waals surface area (Å²) in [7, 11) is 2.07. The summed E-state index contributed by atoms with van der Waals surface area (Å²) in [6, 6.07) is 8.73. The first-order chi connectivity index (χ1) is 13.1. The lowest BCUT2D eigenvalue weighted by atomic mass is 9.91. The Morgan fingerprint density at radius 3 is 2.70 bits per heavy atom. The minimum absolute atomic E-state index is 0.0162. The molecule has 2 aromatic rings. The van der Waals surface area contributed by atoms with Crippen LogP contribution in [-0.2, 0) is 6.42 Å². The van der Waals surface area contributed by atoms with Crippen molar-refractivity contribution in [2.75, 3.05) is 26.7 Å². The molecule has 0 aliphatic carbocycles. The van der Waals surface area contributed by atoms with E-state index < -0.39 is 0 Å². The van der Waals surface area contributed by atoms with Gasteiger partial charge in [-0.25, -0.2) is 9.97 Å². The minimum atomic E-state index is -0.122. The number of likely N-dealkylation sites (tertiary alicyclic amines) is 1. The molecule has 1 fully saturated rings. The molecule has 0 atom stereocenters. The number of Topliss-reactive ketones (excluding diaryl/α,β-unsaturated/α-hetero) is 2. The Balaban J connectivity index is 1.72. The second kappa shape index (κ2) is 8.86. The Morgan fingerprint density at radius 2 is 1.96 bits per heavy atom. The highest BCUT2D eigenvalue weighted by Crippen LogP contribution is 2.21. The van der Waals surface area contributed by atoms with E-state index in [1.54, 1.807) is 36.5 Å². The molecule has 27 heavy (non-hydrogen) atoms. The van der Waals surface area contributed by atoms with Gasteiger partial charge in [-0.2, -0.15) is 0 Å². The van der Waals surface area contributed by atoms with E-state index >= 15 is 0 Å². The maximum atomic E-state index is 12.8. The fourth-order valence-electron chi connectivity index (χ4n) is 3.31. The van der Waals surface area contributed by atoms with E-state index in [1.807, 2.05) is 6.92 Å². The molecule has 0 bridgehead atoms. The monoisotopic (exact) mass is 367 g/mol. The van der Waals surface area contributed by atoms with Gasteiger partial charge in [0.05, 0.1) is 18.6 Å². The summed E-state index contributed by atoms with van der Waals surface area (Å²) < 4.78 is 5.44. The van der Waals surface area contributed by atoms with Crippen LogP contribution in [0, 0.1) is 5.92 Å². The SMILES string of the molecule is CCOc1ncccc1C(=O)Cc1cccc(C(=O)C2CCN(C)CC2)n1. The van der Waals surface area contributed by atoms with Crippen LogP contribution in [0.5, 0.6) is 5.88 Å². The number of rotatable bonds is 7. The van der Waals surface area contributed by atoms with Gasteiger partial charge in [0.25, 0.3) is 0 Å². The molecule has 1 saturated heterocycles. The summed E-state index contributed by atoms with van der Waals surface area (Å²) >= 11 is 0. The quantitative estimate of drug-likeness (QED) is 0.701. The summed E-state index contributed by atoms with van der Waals surface area (Å²) in [5, 5.41) is 0. The molecule has 2 aromatic heterocycles. The number of aromatic nitrogens is 2. The van der Waals surface area contributed by atoms with Gasteiger partial charge in [0.2, 0.25) is 5.88 Å². The van der Waals surface area contributed by atoms with Crippen LogP contribution in [0.2, 0.25) is 0 Å². The molecule has 0 spiro atoms. The van der Waals surface area contributed by atoms with Crippen molar-refractivity contribution < 1.29 is 14.3 Å². The van der Waals surface area contributed by atoms with Gasteiger partial charge in [-0.05, 0) is 64.2 Å². The lowest BCUT2D eigenvalue weighted by molar-refractivity contribution is 0.0850. The Morgan fingerprint density at radius 1 is 1.19 bits per heavy atom. The number of hydrogen-bond acceptors (Lipinski definition) is 6. The lowest BCUT2D eigenvalue weighted by Gasteiger charge is -2.27. The van der Waals surface area contributed by atoms with E-state index in [0.717, 1.165) is 25.9 Å². The molecule has 0 unspecified atom stereocenters. The van der Waals surface area contributed by atoms with Crippen molar-refractivity contribution in [2.45, 2.75) is 26.2 Å².